The van der Waals surface area contributed by atoms with Crippen molar-refractivity contribution in [2.24, 2.45) is 0 Å². The zero-order valence-corrected chi connectivity index (χ0v) is 46.6. The first-order valence-corrected chi connectivity index (χ1v) is 27.5. The van der Waals surface area contributed by atoms with Gasteiger partial charge in [0.1, 0.15) is 0 Å². The van der Waals surface area contributed by atoms with Crippen LogP contribution in [0, 0.1) is 0 Å². The standard InChI is InChI=1S/C76H70/c1-73(2,3)53-31-21-47(22-32-53)63-43-71-62-40-30-51(41-67(62)66(46-69(71)59-19-15-13-17-57(59)63)50-27-37-56(38-28-50)76(10,11)12)52-29-39-61-65(49-25-35-55(36-26-49)75(7,8)9)44-70-60-20-16-14-18-58(60)64(45-72(70)68(61)42-52)48-23-33-54(34-24-48)74(4,5)6/h13-46H,1-12H3. The Bertz CT molecular complexity index is 4230. The Morgan fingerprint density at radius 3 is 0.697 bits per heavy atom. The van der Waals surface area contributed by atoms with Crippen LogP contribution >= 0.6 is 0 Å². The predicted molar refractivity (Wildman–Crippen MR) is 333 cm³/mol. The van der Waals surface area contributed by atoms with Crippen molar-refractivity contribution in [1.29, 1.82) is 0 Å². The lowest BCUT2D eigenvalue weighted by atomic mass is 9.83. The van der Waals surface area contributed by atoms with Crippen LogP contribution in [0.2, 0.25) is 0 Å². The number of hydrogen-bond acceptors (Lipinski definition) is 0. The average molecular weight is 983 g/mol. The molecule has 12 rings (SSSR count). The van der Waals surface area contributed by atoms with Crippen LogP contribution in [0.3, 0.4) is 0 Å². The van der Waals surface area contributed by atoms with Crippen molar-refractivity contribution in [3.63, 3.8) is 0 Å². The monoisotopic (exact) mass is 983 g/mol. The van der Waals surface area contributed by atoms with Crippen LogP contribution in [-0.4, -0.2) is 0 Å². The zero-order chi connectivity index (χ0) is 53.1. The van der Waals surface area contributed by atoms with Gasteiger partial charge in [0.15, 0.2) is 0 Å². The van der Waals surface area contributed by atoms with Gasteiger partial charge >= 0.3 is 0 Å². The Kier molecular flexibility index (Phi) is 11.6. The summed E-state index contributed by atoms with van der Waals surface area (Å²) in [7, 11) is 0. The second kappa shape index (κ2) is 17.9. The molecule has 0 radical (unpaired) electrons. The van der Waals surface area contributed by atoms with Crippen molar-refractivity contribution in [3.05, 3.63) is 229 Å². The lowest BCUT2D eigenvalue weighted by Gasteiger charge is -2.21. The molecule has 0 bridgehead atoms. The SMILES string of the molecule is CC(C)(C)c1ccc(-c2cc3c4ccc(-c5ccc6c(-c7ccc(C(C)(C)C)cc7)cc7c8ccccc8c(-c8ccc(C(C)(C)C)cc8)cc7c6c5)cc4c(-c4ccc(C(C)(C)C)cc4)cc3c3ccccc23)cc1. The molecule has 0 amide bonds. The van der Waals surface area contributed by atoms with E-state index in [1.807, 2.05) is 0 Å². The van der Waals surface area contributed by atoms with E-state index < -0.39 is 0 Å². The minimum Gasteiger partial charge on any atom is -0.0616 e. The van der Waals surface area contributed by atoms with E-state index >= 15 is 0 Å². The fourth-order valence-electron chi connectivity index (χ4n) is 11.9. The molecule has 0 unspecified atom stereocenters. The minimum absolute atomic E-state index is 0.0504. The summed E-state index contributed by atoms with van der Waals surface area (Å²) in [5.74, 6) is 0. The Balaban J connectivity index is 1.12. The largest absolute Gasteiger partial charge is 0.0616 e. The Hall–Kier alpha value is -7.80. The van der Waals surface area contributed by atoms with E-state index in [9.17, 15) is 0 Å². The van der Waals surface area contributed by atoms with E-state index in [2.05, 4.69) is 289 Å². The molecule has 0 aromatic heterocycles. The first-order chi connectivity index (χ1) is 36.2. The van der Waals surface area contributed by atoms with Crippen molar-refractivity contribution in [2.75, 3.05) is 0 Å². The maximum Gasteiger partial charge on any atom is -0.00921 e. The van der Waals surface area contributed by atoms with Crippen molar-refractivity contribution >= 4 is 64.6 Å². The number of fused-ring (bicyclic) bond motifs is 10. The summed E-state index contributed by atoms with van der Waals surface area (Å²) in [5, 5.41) is 15.2. The van der Waals surface area contributed by atoms with E-state index in [0.717, 1.165) is 0 Å². The van der Waals surface area contributed by atoms with Crippen LogP contribution in [0.25, 0.3) is 120 Å². The third kappa shape index (κ3) is 8.67. The summed E-state index contributed by atoms with van der Waals surface area (Å²) >= 11 is 0. The van der Waals surface area contributed by atoms with Crippen molar-refractivity contribution < 1.29 is 0 Å². The first kappa shape index (κ1) is 49.1. The zero-order valence-electron chi connectivity index (χ0n) is 46.6. The molecule has 76 heavy (non-hydrogen) atoms. The maximum absolute atomic E-state index is 2.48. The fourth-order valence-corrected chi connectivity index (χ4v) is 11.9. The first-order valence-electron chi connectivity index (χ1n) is 27.5. The topological polar surface area (TPSA) is 0 Å². The van der Waals surface area contributed by atoms with Gasteiger partial charge in [0.05, 0.1) is 0 Å². The van der Waals surface area contributed by atoms with Gasteiger partial charge in [-0.2, -0.15) is 0 Å². The predicted octanol–water partition coefficient (Wildman–Crippen LogP) is 22.1. The Morgan fingerprint density at radius 1 is 0.171 bits per heavy atom. The summed E-state index contributed by atoms with van der Waals surface area (Å²) < 4.78 is 0. The van der Waals surface area contributed by atoms with E-state index in [0.29, 0.717) is 0 Å². The summed E-state index contributed by atoms with van der Waals surface area (Å²) in [4.78, 5) is 0. The van der Waals surface area contributed by atoms with Gasteiger partial charge in [0.25, 0.3) is 0 Å². The molecule has 0 heteroatoms. The Morgan fingerprint density at radius 2 is 0.382 bits per heavy atom. The molecule has 0 saturated heterocycles. The highest BCUT2D eigenvalue weighted by Crippen LogP contribution is 2.47. The highest BCUT2D eigenvalue weighted by atomic mass is 14.3. The molecule has 12 aromatic carbocycles. The quantitative estimate of drug-likeness (QED) is 0.151. The molecule has 0 aliphatic heterocycles. The maximum atomic E-state index is 2.48. The van der Waals surface area contributed by atoms with Crippen molar-refractivity contribution in [3.8, 4) is 55.6 Å². The number of benzene rings is 12. The van der Waals surface area contributed by atoms with E-state index in [-0.39, 0.29) is 21.7 Å². The van der Waals surface area contributed by atoms with Gasteiger partial charge in [-0.25, -0.2) is 0 Å². The molecule has 0 spiro atoms. The van der Waals surface area contributed by atoms with Gasteiger partial charge in [0.2, 0.25) is 0 Å². The van der Waals surface area contributed by atoms with Gasteiger partial charge in [-0.1, -0.05) is 253 Å². The summed E-state index contributed by atoms with van der Waals surface area (Å²) in [6.07, 6.45) is 0. The molecule has 0 aliphatic carbocycles. The molecule has 0 atom stereocenters. The van der Waals surface area contributed by atoms with Gasteiger partial charge in [0, 0.05) is 0 Å². The average Bonchev–Trinajstić information content (AvgIpc) is 3.46. The Labute approximate surface area is 451 Å². The smallest absolute Gasteiger partial charge is 0.00921 e. The highest BCUT2D eigenvalue weighted by Gasteiger charge is 2.22. The number of rotatable bonds is 5. The third-order valence-electron chi connectivity index (χ3n) is 16.5. The molecule has 0 aliphatic rings. The molecular formula is C76H70. The lowest BCUT2D eigenvalue weighted by molar-refractivity contribution is 0.590. The van der Waals surface area contributed by atoms with Crippen LogP contribution in [0.1, 0.15) is 105 Å². The van der Waals surface area contributed by atoms with E-state index in [4.69, 9.17) is 0 Å². The normalized spacial score (nSPS) is 12.7. The minimum atomic E-state index is 0.0504. The summed E-state index contributed by atoms with van der Waals surface area (Å²) in [6, 6.07) is 79.7. The molecule has 374 valence electrons. The van der Waals surface area contributed by atoms with E-state index in [1.165, 1.54) is 143 Å². The van der Waals surface area contributed by atoms with E-state index in [1.54, 1.807) is 0 Å². The fraction of sp³-hybridized carbons (Fsp3) is 0.211. The van der Waals surface area contributed by atoms with Gasteiger partial charge in [-0.3, -0.25) is 0 Å². The second-order valence-corrected chi connectivity index (χ2v) is 25.8. The molecule has 0 nitrogen and oxygen atoms in total. The van der Waals surface area contributed by atoms with Crippen molar-refractivity contribution in [1.82, 2.24) is 0 Å². The van der Waals surface area contributed by atoms with Crippen LogP contribution < -0.4 is 0 Å². The molecule has 0 N–H and O–H groups in total. The van der Waals surface area contributed by atoms with Gasteiger partial charge in [-0.05, 0) is 201 Å². The second-order valence-electron chi connectivity index (χ2n) is 25.8. The molecule has 0 fully saturated rings. The van der Waals surface area contributed by atoms with Crippen LogP contribution in [-0.2, 0) is 21.7 Å². The lowest BCUT2D eigenvalue weighted by Crippen LogP contribution is -2.10. The van der Waals surface area contributed by atoms with Crippen LogP contribution in [0.5, 0.6) is 0 Å². The molecule has 0 heterocycles. The number of hydrogen-bond donors (Lipinski definition) is 0. The van der Waals surface area contributed by atoms with Crippen LogP contribution in [0.15, 0.2) is 206 Å². The van der Waals surface area contributed by atoms with Gasteiger partial charge in [-0.15, -0.1) is 0 Å². The third-order valence-corrected chi connectivity index (χ3v) is 16.5. The summed E-state index contributed by atoms with van der Waals surface area (Å²) in [5.41, 5.74) is 18.0. The highest BCUT2D eigenvalue weighted by molar-refractivity contribution is 6.26. The van der Waals surface area contributed by atoms with Crippen molar-refractivity contribution in [2.45, 2.75) is 105 Å². The van der Waals surface area contributed by atoms with Crippen LogP contribution in [0.4, 0.5) is 0 Å². The summed E-state index contributed by atoms with van der Waals surface area (Å²) in [6.45, 7) is 27.5. The molecule has 12 aromatic rings. The molecular weight excluding hydrogens is 913 g/mol. The van der Waals surface area contributed by atoms with Gasteiger partial charge < -0.3 is 0 Å². The molecule has 0 saturated carbocycles.